The summed E-state index contributed by atoms with van der Waals surface area (Å²) in [5.74, 6) is -0.986. The molecule has 1 rings (SSSR count). The van der Waals surface area contributed by atoms with Crippen molar-refractivity contribution in [2.24, 2.45) is 0 Å². The van der Waals surface area contributed by atoms with Crippen LogP contribution in [0.1, 0.15) is 32.8 Å². The van der Waals surface area contributed by atoms with Gasteiger partial charge in [0.1, 0.15) is 5.60 Å². The van der Waals surface area contributed by atoms with Crippen LogP contribution in [0.25, 0.3) is 0 Å². The Balaban J connectivity index is 2.72. The molecule has 0 aliphatic carbocycles. The second-order valence-corrected chi connectivity index (χ2v) is 5.89. The van der Waals surface area contributed by atoms with E-state index in [0.717, 1.165) is 5.56 Å². The van der Waals surface area contributed by atoms with Gasteiger partial charge in [-0.25, -0.2) is 4.79 Å². The van der Waals surface area contributed by atoms with Gasteiger partial charge < -0.3 is 20.9 Å². The van der Waals surface area contributed by atoms with Crippen LogP contribution in [0.5, 0.6) is 0 Å². The maximum Gasteiger partial charge on any atom is 0.407 e. The Morgan fingerprint density at radius 2 is 2.05 bits per heavy atom. The molecule has 4 N–H and O–H groups in total. The first-order valence-electron chi connectivity index (χ1n) is 6.71. The van der Waals surface area contributed by atoms with Crippen molar-refractivity contribution in [3.8, 4) is 0 Å². The molecule has 0 unspecified atom stereocenters. The number of alkyl carbamates (subject to hydrolysis) is 1. The number of hydrogen-bond acceptors (Lipinski definition) is 4. The minimum absolute atomic E-state index is 0.186. The van der Waals surface area contributed by atoms with Crippen molar-refractivity contribution in [3.63, 3.8) is 0 Å². The van der Waals surface area contributed by atoms with Gasteiger partial charge in [0.05, 0.1) is 6.42 Å². The van der Waals surface area contributed by atoms with E-state index in [-0.39, 0.29) is 6.42 Å². The van der Waals surface area contributed by atoms with Gasteiger partial charge in [0, 0.05) is 11.7 Å². The molecule has 0 spiro atoms. The summed E-state index contributed by atoms with van der Waals surface area (Å²) in [5, 5.41) is 11.5. The molecule has 1 aromatic rings. The lowest BCUT2D eigenvalue weighted by Crippen LogP contribution is -2.41. The largest absolute Gasteiger partial charge is 0.481 e. The van der Waals surface area contributed by atoms with Crippen LogP contribution in [0.15, 0.2) is 24.3 Å². The van der Waals surface area contributed by atoms with Crippen molar-refractivity contribution < 1.29 is 19.4 Å². The minimum Gasteiger partial charge on any atom is -0.481 e. The Morgan fingerprint density at radius 1 is 1.38 bits per heavy atom. The summed E-state index contributed by atoms with van der Waals surface area (Å²) >= 11 is 0. The number of anilines is 1. The summed E-state index contributed by atoms with van der Waals surface area (Å²) in [4.78, 5) is 22.7. The number of nitrogens with two attached hydrogens (primary N) is 1. The molecule has 0 radical (unpaired) electrons. The summed E-state index contributed by atoms with van der Waals surface area (Å²) in [6.07, 6.45) is -0.442. The first-order chi connectivity index (χ1) is 9.65. The van der Waals surface area contributed by atoms with Gasteiger partial charge >= 0.3 is 12.1 Å². The second kappa shape index (κ2) is 6.97. The van der Waals surface area contributed by atoms with E-state index in [2.05, 4.69) is 5.32 Å². The molecular weight excluding hydrogens is 272 g/mol. The van der Waals surface area contributed by atoms with Gasteiger partial charge in [-0.2, -0.15) is 0 Å². The monoisotopic (exact) mass is 294 g/mol. The van der Waals surface area contributed by atoms with E-state index in [0.29, 0.717) is 12.1 Å². The fraction of sp³-hybridized carbons (Fsp3) is 0.467. The number of aliphatic carboxylic acids is 1. The van der Waals surface area contributed by atoms with Crippen LogP contribution in [-0.4, -0.2) is 28.8 Å². The van der Waals surface area contributed by atoms with Crippen LogP contribution >= 0.6 is 0 Å². The van der Waals surface area contributed by atoms with E-state index in [4.69, 9.17) is 15.6 Å². The number of carboxylic acids is 1. The Kier molecular flexibility index (Phi) is 5.58. The summed E-state index contributed by atoms with van der Waals surface area (Å²) in [7, 11) is 0. The molecule has 0 saturated heterocycles. The number of amides is 1. The number of nitrogens with one attached hydrogen (secondary N) is 1. The molecule has 1 aromatic carbocycles. The van der Waals surface area contributed by atoms with E-state index in [1.54, 1.807) is 39.0 Å². The normalized spacial score (nSPS) is 12.5. The van der Waals surface area contributed by atoms with Crippen LogP contribution in [-0.2, 0) is 16.0 Å². The van der Waals surface area contributed by atoms with E-state index < -0.39 is 23.7 Å². The Morgan fingerprint density at radius 3 is 2.57 bits per heavy atom. The SMILES string of the molecule is CC(C)(C)OC(=O)N[C@@H](CC(=O)O)Cc1cccc(N)c1. The summed E-state index contributed by atoms with van der Waals surface area (Å²) in [5.41, 5.74) is 6.52. The second-order valence-electron chi connectivity index (χ2n) is 5.89. The first kappa shape index (κ1) is 16.8. The molecule has 1 amide bonds. The van der Waals surface area contributed by atoms with Crippen LogP contribution in [0, 0.1) is 0 Å². The van der Waals surface area contributed by atoms with Crippen LogP contribution in [0.2, 0.25) is 0 Å². The third-order valence-electron chi connectivity index (χ3n) is 2.58. The van der Waals surface area contributed by atoms with E-state index in [9.17, 15) is 9.59 Å². The van der Waals surface area contributed by atoms with E-state index in [1.807, 2.05) is 6.07 Å². The number of hydrogen-bond donors (Lipinski definition) is 3. The zero-order valence-corrected chi connectivity index (χ0v) is 12.6. The quantitative estimate of drug-likeness (QED) is 0.722. The lowest BCUT2D eigenvalue weighted by atomic mass is 10.0. The number of ether oxygens (including phenoxy) is 1. The molecule has 6 nitrogen and oxygen atoms in total. The molecule has 0 bridgehead atoms. The molecular formula is C15H22N2O4. The zero-order chi connectivity index (χ0) is 16.0. The topological polar surface area (TPSA) is 102 Å². The first-order valence-corrected chi connectivity index (χ1v) is 6.71. The highest BCUT2D eigenvalue weighted by Crippen LogP contribution is 2.12. The maximum absolute atomic E-state index is 11.8. The number of benzene rings is 1. The average Bonchev–Trinajstić information content (AvgIpc) is 2.24. The van der Waals surface area contributed by atoms with Crippen molar-refractivity contribution in [2.45, 2.75) is 45.3 Å². The lowest BCUT2D eigenvalue weighted by molar-refractivity contribution is -0.137. The molecule has 0 aromatic heterocycles. The Hall–Kier alpha value is -2.24. The fourth-order valence-electron chi connectivity index (χ4n) is 1.86. The summed E-state index contributed by atoms with van der Waals surface area (Å²) in [6.45, 7) is 5.24. The smallest absolute Gasteiger partial charge is 0.407 e. The third kappa shape index (κ3) is 7.20. The van der Waals surface area contributed by atoms with Gasteiger partial charge in [-0.1, -0.05) is 12.1 Å². The van der Waals surface area contributed by atoms with Gasteiger partial charge in [-0.15, -0.1) is 0 Å². The molecule has 116 valence electrons. The summed E-state index contributed by atoms with van der Waals surface area (Å²) < 4.78 is 5.14. The van der Waals surface area contributed by atoms with Gasteiger partial charge in [-0.3, -0.25) is 4.79 Å². The fourth-order valence-corrected chi connectivity index (χ4v) is 1.86. The number of carboxylic acid groups (broad SMARTS) is 1. The molecule has 6 heteroatoms. The third-order valence-corrected chi connectivity index (χ3v) is 2.58. The lowest BCUT2D eigenvalue weighted by Gasteiger charge is -2.23. The Bertz CT molecular complexity index is 509. The maximum atomic E-state index is 11.8. The summed E-state index contributed by atoms with van der Waals surface area (Å²) in [6, 6.07) is 6.57. The van der Waals surface area contributed by atoms with Crippen LogP contribution in [0.4, 0.5) is 10.5 Å². The van der Waals surface area contributed by atoms with Crippen molar-refractivity contribution >= 4 is 17.7 Å². The van der Waals surface area contributed by atoms with E-state index in [1.165, 1.54) is 0 Å². The molecule has 0 aliphatic rings. The molecule has 0 heterocycles. The van der Waals surface area contributed by atoms with Crippen LogP contribution < -0.4 is 11.1 Å². The highest BCUT2D eigenvalue weighted by molar-refractivity contribution is 5.71. The highest BCUT2D eigenvalue weighted by atomic mass is 16.6. The molecule has 0 aliphatic heterocycles. The highest BCUT2D eigenvalue weighted by Gasteiger charge is 2.21. The number of carbonyl (C=O) groups excluding carboxylic acids is 1. The van der Waals surface area contributed by atoms with Gasteiger partial charge in [0.25, 0.3) is 0 Å². The zero-order valence-electron chi connectivity index (χ0n) is 12.6. The van der Waals surface area contributed by atoms with Gasteiger partial charge in [0.15, 0.2) is 0 Å². The number of rotatable bonds is 5. The molecule has 0 saturated carbocycles. The molecule has 0 fully saturated rings. The predicted molar refractivity (Wildman–Crippen MR) is 80.0 cm³/mol. The molecule has 21 heavy (non-hydrogen) atoms. The minimum atomic E-state index is -0.986. The van der Waals surface area contributed by atoms with Gasteiger partial charge in [0.2, 0.25) is 0 Å². The van der Waals surface area contributed by atoms with Crippen molar-refractivity contribution in [1.29, 1.82) is 0 Å². The standard InChI is InChI=1S/C15H22N2O4/c1-15(2,3)21-14(20)17-12(9-13(18)19)8-10-5-4-6-11(16)7-10/h4-7,12H,8-9,16H2,1-3H3,(H,17,20)(H,18,19)/t12-/m1/s1. The van der Waals surface area contributed by atoms with E-state index >= 15 is 0 Å². The van der Waals surface area contributed by atoms with Crippen LogP contribution in [0.3, 0.4) is 0 Å². The molecule has 1 atom stereocenters. The number of nitrogen functional groups attached to an aromatic ring is 1. The van der Waals surface area contributed by atoms with Gasteiger partial charge in [-0.05, 0) is 44.9 Å². The average molecular weight is 294 g/mol. The number of carbonyl (C=O) groups is 2. The predicted octanol–water partition coefficient (Wildman–Crippen LogP) is 2.18. The van der Waals surface area contributed by atoms with Crippen molar-refractivity contribution in [1.82, 2.24) is 5.32 Å². The van der Waals surface area contributed by atoms with Crippen molar-refractivity contribution in [2.75, 3.05) is 5.73 Å². The Labute approximate surface area is 124 Å². The van der Waals surface area contributed by atoms with Crippen molar-refractivity contribution in [3.05, 3.63) is 29.8 Å².